The molecule has 22 heavy (non-hydrogen) atoms. The van der Waals surface area contributed by atoms with Crippen LogP contribution in [0.4, 0.5) is 4.39 Å². The van der Waals surface area contributed by atoms with Gasteiger partial charge in [-0.05, 0) is 34.0 Å². The molecule has 0 fully saturated rings. The van der Waals surface area contributed by atoms with Gasteiger partial charge in [0.05, 0.1) is 22.0 Å². The van der Waals surface area contributed by atoms with Gasteiger partial charge in [-0.25, -0.2) is 9.37 Å². The quantitative estimate of drug-likeness (QED) is 0.676. The molecule has 1 aliphatic carbocycles. The third-order valence-electron chi connectivity index (χ3n) is 4.12. The van der Waals surface area contributed by atoms with E-state index in [0.717, 1.165) is 11.3 Å². The molecule has 112 valence electrons. The number of imidazole rings is 1. The van der Waals surface area contributed by atoms with E-state index in [4.69, 9.17) is 11.6 Å². The summed E-state index contributed by atoms with van der Waals surface area (Å²) in [6.45, 7) is 0. The lowest BCUT2D eigenvalue weighted by Gasteiger charge is -2.14. The smallest absolute Gasteiger partial charge is 0.142 e. The van der Waals surface area contributed by atoms with E-state index in [2.05, 4.69) is 20.9 Å². The van der Waals surface area contributed by atoms with Crippen LogP contribution in [0.5, 0.6) is 0 Å². The van der Waals surface area contributed by atoms with Crippen LogP contribution < -0.4 is 0 Å². The number of fused-ring (bicyclic) bond motifs is 3. The molecule has 1 N–H and O–H groups in total. The standard InChI is InChI=1S/C16H11BrClFN2O/c17-10-7-21-14(6-12(10)19)20-15-13(22)5-9(16(15)21)8-3-1-2-4-11(8)18/h1-4,6-7,9,13,22H,5H2/t9?,13-/m0/s1. The molecular formula is C16H11BrClFN2O. The second-order valence-electron chi connectivity index (χ2n) is 5.41. The average molecular weight is 382 g/mol. The molecule has 0 radical (unpaired) electrons. The van der Waals surface area contributed by atoms with Crippen LogP contribution in [-0.2, 0) is 0 Å². The second-order valence-corrected chi connectivity index (χ2v) is 6.67. The highest BCUT2D eigenvalue weighted by molar-refractivity contribution is 9.10. The van der Waals surface area contributed by atoms with Gasteiger partial charge >= 0.3 is 0 Å². The molecule has 0 bridgehead atoms. The van der Waals surface area contributed by atoms with Crippen molar-refractivity contribution in [1.82, 2.24) is 9.38 Å². The lowest BCUT2D eigenvalue weighted by atomic mass is 9.96. The minimum absolute atomic E-state index is 0.0638. The zero-order valence-electron chi connectivity index (χ0n) is 11.3. The first-order chi connectivity index (χ1) is 10.6. The predicted molar refractivity (Wildman–Crippen MR) is 85.7 cm³/mol. The van der Waals surface area contributed by atoms with Crippen molar-refractivity contribution in [2.45, 2.75) is 18.4 Å². The van der Waals surface area contributed by atoms with E-state index in [1.165, 1.54) is 6.07 Å². The van der Waals surface area contributed by atoms with Crippen LogP contribution in [-0.4, -0.2) is 14.5 Å². The molecule has 3 nitrogen and oxygen atoms in total. The summed E-state index contributed by atoms with van der Waals surface area (Å²) in [5.41, 5.74) is 2.91. The Labute approximate surface area is 139 Å². The Kier molecular flexibility index (Phi) is 3.25. The maximum absolute atomic E-state index is 13.7. The van der Waals surface area contributed by atoms with Gasteiger partial charge in [-0.3, -0.25) is 0 Å². The molecule has 1 unspecified atom stereocenters. The third kappa shape index (κ3) is 2.00. The van der Waals surface area contributed by atoms with Crippen LogP contribution in [0.1, 0.15) is 35.4 Å². The van der Waals surface area contributed by atoms with E-state index < -0.39 is 6.10 Å². The molecule has 2 heterocycles. The molecular weight excluding hydrogens is 371 g/mol. The van der Waals surface area contributed by atoms with Crippen LogP contribution in [0, 0.1) is 5.82 Å². The number of pyridine rings is 1. The molecule has 4 rings (SSSR count). The monoisotopic (exact) mass is 380 g/mol. The number of benzene rings is 1. The molecule has 6 heteroatoms. The third-order valence-corrected chi connectivity index (χ3v) is 5.04. The number of aliphatic hydroxyl groups is 1. The second kappa shape index (κ2) is 5.05. The van der Waals surface area contributed by atoms with Crippen molar-refractivity contribution in [3.05, 3.63) is 68.8 Å². The van der Waals surface area contributed by atoms with Gasteiger partial charge < -0.3 is 9.51 Å². The molecule has 0 saturated heterocycles. The highest BCUT2D eigenvalue weighted by Crippen LogP contribution is 2.46. The van der Waals surface area contributed by atoms with Crippen molar-refractivity contribution >= 4 is 33.2 Å². The van der Waals surface area contributed by atoms with Crippen LogP contribution in [0.2, 0.25) is 5.02 Å². The van der Waals surface area contributed by atoms with Crippen molar-refractivity contribution < 1.29 is 9.50 Å². The minimum atomic E-state index is -0.669. The highest BCUT2D eigenvalue weighted by atomic mass is 79.9. The van der Waals surface area contributed by atoms with E-state index >= 15 is 0 Å². The Morgan fingerprint density at radius 1 is 1.36 bits per heavy atom. The Balaban J connectivity index is 1.98. The van der Waals surface area contributed by atoms with E-state index in [9.17, 15) is 9.50 Å². The van der Waals surface area contributed by atoms with E-state index in [1.807, 2.05) is 28.7 Å². The summed E-state index contributed by atoms with van der Waals surface area (Å²) in [6.07, 6.45) is 1.51. The predicted octanol–water partition coefficient (Wildman–Crippen LogP) is 4.46. The Morgan fingerprint density at radius 3 is 2.91 bits per heavy atom. The first kappa shape index (κ1) is 14.2. The Bertz CT molecular complexity index is 895. The first-order valence-electron chi connectivity index (χ1n) is 6.85. The van der Waals surface area contributed by atoms with Gasteiger partial charge in [0.1, 0.15) is 11.5 Å². The van der Waals surface area contributed by atoms with Crippen LogP contribution >= 0.6 is 27.5 Å². The Hall–Kier alpha value is -1.43. The molecule has 3 aromatic rings. The lowest BCUT2D eigenvalue weighted by Crippen LogP contribution is -2.03. The molecule has 1 aromatic carbocycles. The molecule has 0 saturated carbocycles. The van der Waals surface area contributed by atoms with Gasteiger partial charge in [0.25, 0.3) is 0 Å². The normalized spacial score (nSPS) is 20.5. The Morgan fingerprint density at radius 2 is 2.14 bits per heavy atom. The van der Waals surface area contributed by atoms with Gasteiger partial charge in [-0.15, -0.1) is 0 Å². The molecule has 0 aliphatic heterocycles. The molecule has 0 spiro atoms. The van der Waals surface area contributed by atoms with Gasteiger partial charge in [-0.2, -0.15) is 0 Å². The van der Waals surface area contributed by atoms with Crippen LogP contribution in [0.25, 0.3) is 5.65 Å². The van der Waals surface area contributed by atoms with Crippen molar-refractivity contribution in [3.63, 3.8) is 0 Å². The summed E-state index contributed by atoms with van der Waals surface area (Å²) in [5.74, 6) is -0.439. The van der Waals surface area contributed by atoms with Crippen LogP contribution in [0.3, 0.4) is 0 Å². The fourth-order valence-corrected chi connectivity index (χ4v) is 3.73. The van der Waals surface area contributed by atoms with Crippen molar-refractivity contribution in [2.75, 3.05) is 0 Å². The molecule has 0 amide bonds. The van der Waals surface area contributed by atoms with E-state index in [-0.39, 0.29) is 11.7 Å². The summed E-state index contributed by atoms with van der Waals surface area (Å²) in [4.78, 5) is 4.39. The maximum Gasteiger partial charge on any atom is 0.142 e. The van der Waals surface area contributed by atoms with E-state index in [1.54, 1.807) is 6.20 Å². The zero-order valence-corrected chi connectivity index (χ0v) is 13.6. The highest BCUT2D eigenvalue weighted by Gasteiger charge is 2.36. The van der Waals surface area contributed by atoms with Crippen LogP contribution in [0.15, 0.2) is 41.0 Å². The van der Waals surface area contributed by atoms with E-state index in [0.29, 0.717) is 27.3 Å². The zero-order chi connectivity index (χ0) is 15.4. The number of hydrogen-bond acceptors (Lipinski definition) is 2. The summed E-state index contributed by atoms with van der Waals surface area (Å²) >= 11 is 9.52. The fraction of sp³-hybridized carbons (Fsp3) is 0.188. The molecule has 2 atom stereocenters. The number of halogens is 3. The lowest BCUT2D eigenvalue weighted by molar-refractivity contribution is 0.172. The number of aliphatic hydroxyl groups excluding tert-OH is 1. The van der Waals surface area contributed by atoms with Crippen molar-refractivity contribution in [3.8, 4) is 0 Å². The maximum atomic E-state index is 13.7. The largest absolute Gasteiger partial charge is 0.387 e. The summed E-state index contributed by atoms with van der Waals surface area (Å²) in [7, 11) is 0. The molecule has 1 aliphatic rings. The van der Waals surface area contributed by atoms with Gasteiger partial charge in [0.15, 0.2) is 0 Å². The average Bonchev–Trinajstić information content (AvgIpc) is 2.99. The molecule has 2 aromatic heterocycles. The topological polar surface area (TPSA) is 37.5 Å². The number of nitrogens with zero attached hydrogens (tertiary/aromatic N) is 2. The number of aromatic nitrogens is 2. The van der Waals surface area contributed by atoms with Gasteiger partial charge in [0, 0.05) is 23.2 Å². The minimum Gasteiger partial charge on any atom is -0.387 e. The number of rotatable bonds is 1. The van der Waals surface area contributed by atoms with Crippen molar-refractivity contribution in [1.29, 1.82) is 0 Å². The SMILES string of the molecule is O[C@H]1CC(c2ccccc2Cl)c2c1nc1cc(F)c(Br)cn21. The van der Waals surface area contributed by atoms with Crippen molar-refractivity contribution in [2.24, 2.45) is 0 Å². The first-order valence-corrected chi connectivity index (χ1v) is 8.02. The summed E-state index contributed by atoms with van der Waals surface area (Å²) in [5, 5.41) is 11.0. The fourth-order valence-electron chi connectivity index (χ4n) is 3.15. The van der Waals surface area contributed by atoms with Gasteiger partial charge in [0.2, 0.25) is 0 Å². The number of hydrogen-bond donors (Lipinski definition) is 1. The van der Waals surface area contributed by atoms with Gasteiger partial charge in [-0.1, -0.05) is 29.8 Å². The summed E-state index contributed by atoms with van der Waals surface area (Å²) in [6, 6.07) is 8.94. The summed E-state index contributed by atoms with van der Waals surface area (Å²) < 4.78 is 15.9.